The largest absolute Gasteiger partial charge is 0.371 e. The van der Waals surface area contributed by atoms with E-state index >= 15 is 0 Å². The first kappa shape index (κ1) is 25.1. The second-order valence-corrected chi connectivity index (χ2v) is 10.2. The maximum absolute atomic E-state index is 12.6. The topological polar surface area (TPSA) is 118 Å². The van der Waals surface area contributed by atoms with Crippen LogP contribution in [0.5, 0.6) is 0 Å². The molecule has 0 bridgehead atoms. The number of nitrogens with one attached hydrogen (secondary N) is 2. The van der Waals surface area contributed by atoms with Crippen LogP contribution in [0.3, 0.4) is 0 Å². The molecule has 0 spiro atoms. The van der Waals surface area contributed by atoms with Gasteiger partial charge in [-0.15, -0.1) is 0 Å². The molecule has 11 heteroatoms. The normalized spacial score (nSPS) is 29.8. The van der Waals surface area contributed by atoms with Gasteiger partial charge in [0.1, 0.15) is 18.3 Å². The van der Waals surface area contributed by atoms with Crippen molar-refractivity contribution in [1.82, 2.24) is 24.7 Å². The molecule has 0 saturated carbocycles. The van der Waals surface area contributed by atoms with Gasteiger partial charge in [-0.3, -0.25) is 28.9 Å². The highest BCUT2D eigenvalue weighted by molar-refractivity contribution is 5.78. The van der Waals surface area contributed by atoms with Crippen LogP contribution in [0, 0.1) is 6.92 Å². The average molecular weight is 480 g/mol. The zero-order chi connectivity index (χ0) is 24.6. The summed E-state index contributed by atoms with van der Waals surface area (Å²) in [5.41, 5.74) is -0.497. The van der Waals surface area contributed by atoms with Crippen molar-refractivity contribution >= 4 is 5.91 Å². The van der Waals surface area contributed by atoms with Crippen LogP contribution in [0.25, 0.3) is 0 Å². The van der Waals surface area contributed by atoms with E-state index in [9.17, 15) is 14.4 Å². The molecule has 4 heterocycles. The zero-order valence-electron chi connectivity index (χ0n) is 20.7. The summed E-state index contributed by atoms with van der Waals surface area (Å²) >= 11 is 0. The second kappa shape index (κ2) is 9.90. The maximum Gasteiger partial charge on any atom is 0.328 e. The van der Waals surface area contributed by atoms with Gasteiger partial charge in [0, 0.05) is 50.5 Å². The highest BCUT2D eigenvalue weighted by Gasteiger charge is 2.52. The van der Waals surface area contributed by atoms with Crippen LogP contribution in [-0.4, -0.2) is 101 Å². The lowest BCUT2D eigenvalue weighted by molar-refractivity contribution is -0.153. The Kier molecular flexibility index (Phi) is 7.30. The molecule has 0 unspecified atom stereocenters. The molecular formula is C23H37N5O6. The third-order valence-electron chi connectivity index (χ3n) is 6.90. The average Bonchev–Trinajstić information content (AvgIpc) is 3.10. The molecule has 1 aromatic heterocycles. The number of hydrogen-bond acceptors (Lipinski definition) is 8. The number of carbonyl (C=O) groups excluding carboxylic acids is 1. The maximum atomic E-state index is 12.6. The Hall–Kier alpha value is -2.05. The second-order valence-electron chi connectivity index (χ2n) is 10.2. The van der Waals surface area contributed by atoms with E-state index in [0.29, 0.717) is 18.2 Å². The van der Waals surface area contributed by atoms with Gasteiger partial charge in [0.15, 0.2) is 5.79 Å². The monoisotopic (exact) mass is 479 g/mol. The van der Waals surface area contributed by atoms with Gasteiger partial charge < -0.3 is 19.5 Å². The summed E-state index contributed by atoms with van der Waals surface area (Å²) in [6, 6.07) is 0.0593. The van der Waals surface area contributed by atoms with Gasteiger partial charge in [-0.25, -0.2) is 4.79 Å². The van der Waals surface area contributed by atoms with E-state index < -0.39 is 41.4 Å². The number of aromatic nitrogens is 2. The highest BCUT2D eigenvalue weighted by atomic mass is 16.8. The Morgan fingerprint density at radius 1 is 1.18 bits per heavy atom. The van der Waals surface area contributed by atoms with E-state index in [1.54, 1.807) is 6.92 Å². The van der Waals surface area contributed by atoms with Gasteiger partial charge in [-0.1, -0.05) is 0 Å². The van der Waals surface area contributed by atoms with Crippen molar-refractivity contribution in [2.24, 2.45) is 0 Å². The minimum Gasteiger partial charge on any atom is -0.371 e. The minimum atomic E-state index is -0.861. The van der Waals surface area contributed by atoms with Crippen molar-refractivity contribution in [1.29, 1.82) is 0 Å². The van der Waals surface area contributed by atoms with Crippen molar-refractivity contribution in [3.63, 3.8) is 0 Å². The van der Waals surface area contributed by atoms with E-state index in [4.69, 9.17) is 14.2 Å². The molecule has 3 aliphatic heterocycles. The standard InChI is InChI=1S/C23H37N5O6/c1-14(2)27-8-6-26(7-9-27)12-18(29)24-10-17-20-19(33-23(4,5)34-20)16(13-32-17)28-11-15(3)21(30)25-22(28)31/h11,14,16-17,19-20H,6-10,12-13H2,1-5H3,(H,24,29)(H,25,30,31)/t16-,17-,19+,20-/m1/s1. The van der Waals surface area contributed by atoms with Crippen LogP contribution in [0.1, 0.15) is 39.3 Å². The number of H-pyrrole nitrogens is 1. The molecule has 3 aliphatic rings. The lowest BCUT2D eigenvalue weighted by Crippen LogP contribution is -2.55. The summed E-state index contributed by atoms with van der Waals surface area (Å²) in [4.78, 5) is 43.8. The predicted molar refractivity (Wildman–Crippen MR) is 125 cm³/mol. The number of fused-ring (bicyclic) bond motifs is 1. The number of aryl methyl sites for hydroxylation is 1. The van der Waals surface area contributed by atoms with E-state index in [0.717, 1.165) is 26.2 Å². The molecule has 2 N–H and O–H groups in total. The van der Waals surface area contributed by atoms with Crippen LogP contribution in [0.2, 0.25) is 0 Å². The highest BCUT2D eigenvalue weighted by Crippen LogP contribution is 2.39. The smallest absolute Gasteiger partial charge is 0.328 e. The van der Waals surface area contributed by atoms with E-state index in [2.05, 4.69) is 33.9 Å². The van der Waals surface area contributed by atoms with Crippen LogP contribution in [0.15, 0.2) is 15.8 Å². The summed E-state index contributed by atoms with van der Waals surface area (Å²) in [5.74, 6) is -0.911. The van der Waals surface area contributed by atoms with E-state index in [1.165, 1.54) is 10.8 Å². The summed E-state index contributed by atoms with van der Waals surface area (Å²) in [7, 11) is 0. The summed E-state index contributed by atoms with van der Waals surface area (Å²) in [5, 5.41) is 2.99. The van der Waals surface area contributed by atoms with Gasteiger partial charge in [-0.2, -0.15) is 0 Å². The summed E-state index contributed by atoms with van der Waals surface area (Å²) in [6.45, 7) is 14.2. The number of aromatic amines is 1. The number of ether oxygens (including phenoxy) is 3. The number of amides is 1. The fourth-order valence-corrected chi connectivity index (χ4v) is 4.97. The third-order valence-corrected chi connectivity index (χ3v) is 6.90. The van der Waals surface area contributed by atoms with Crippen molar-refractivity contribution in [2.45, 2.75) is 70.8 Å². The first-order valence-corrected chi connectivity index (χ1v) is 12.1. The molecule has 190 valence electrons. The molecule has 1 aromatic rings. The molecule has 3 fully saturated rings. The molecule has 11 nitrogen and oxygen atoms in total. The quantitative estimate of drug-likeness (QED) is 0.558. The third kappa shape index (κ3) is 5.44. The number of nitrogens with zero attached hydrogens (tertiary/aromatic N) is 3. The van der Waals surface area contributed by atoms with E-state index in [-0.39, 0.29) is 19.1 Å². The van der Waals surface area contributed by atoms with Gasteiger partial charge >= 0.3 is 5.69 Å². The molecule has 4 rings (SSSR count). The van der Waals surface area contributed by atoms with Crippen LogP contribution in [-0.2, 0) is 19.0 Å². The fourth-order valence-electron chi connectivity index (χ4n) is 4.97. The van der Waals surface area contributed by atoms with Crippen LogP contribution in [0.4, 0.5) is 0 Å². The summed E-state index contributed by atoms with van der Waals surface area (Å²) < 4.78 is 19.8. The number of rotatable bonds is 6. The molecule has 1 amide bonds. The van der Waals surface area contributed by atoms with Crippen molar-refractivity contribution in [2.75, 3.05) is 45.9 Å². The lowest BCUT2D eigenvalue weighted by atomic mass is 9.97. The lowest BCUT2D eigenvalue weighted by Gasteiger charge is -2.38. The zero-order valence-corrected chi connectivity index (χ0v) is 20.7. The molecular weight excluding hydrogens is 442 g/mol. The molecule has 34 heavy (non-hydrogen) atoms. The Labute approximate surface area is 199 Å². The van der Waals surface area contributed by atoms with Crippen molar-refractivity contribution in [3.05, 3.63) is 32.6 Å². The molecule has 3 saturated heterocycles. The van der Waals surface area contributed by atoms with Crippen LogP contribution < -0.4 is 16.6 Å². The molecule has 0 radical (unpaired) electrons. The SMILES string of the molecule is Cc1cn([C@@H]2CO[C@H](CNC(=O)CN3CCN(C(C)C)CC3)[C@H]3OC(C)(C)O[C@H]32)c(=O)[nH]c1=O. The van der Waals surface area contributed by atoms with Gasteiger partial charge in [-0.05, 0) is 34.6 Å². The number of hydrogen-bond donors (Lipinski definition) is 2. The molecule has 0 aromatic carbocycles. The van der Waals surface area contributed by atoms with Crippen molar-refractivity contribution in [3.8, 4) is 0 Å². The molecule has 0 aliphatic carbocycles. The first-order valence-electron chi connectivity index (χ1n) is 12.1. The Morgan fingerprint density at radius 3 is 2.53 bits per heavy atom. The van der Waals surface area contributed by atoms with Gasteiger partial charge in [0.25, 0.3) is 5.56 Å². The van der Waals surface area contributed by atoms with Gasteiger partial charge in [0.2, 0.25) is 5.91 Å². The molecule has 4 atom stereocenters. The van der Waals surface area contributed by atoms with Crippen LogP contribution >= 0.6 is 0 Å². The minimum absolute atomic E-state index is 0.0501. The number of piperazine rings is 1. The Bertz CT molecular complexity index is 996. The number of carbonyl (C=O) groups is 1. The van der Waals surface area contributed by atoms with E-state index in [1.807, 2.05) is 13.8 Å². The predicted octanol–water partition coefficient (Wildman–Crippen LogP) is -0.553. The van der Waals surface area contributed by atoms with Crippen molar-refractivity contribution < 1.29 is 19.0 Å². The Morgan fingerprint density at radius 2 is 1.85 bits per heavy atom. The fraction of sp³-hybridized carbons (Fsp3) is 0.783. The van der Waals surface area contributed by atoms with Gasteiger partial charge in [0.05, 0.1) is 19.2 Å². The first-order chi connectivity index (χ1) is 16.0. The summed E-state index contributed by atoms with van der Waals surface area (Å²) in [6.07, 6.45) is 0.187. The Balaban J connectivity index is 1.37.